The number of benzene rings is 1. The third-order valence-electron chi connectivity index (χ3n) is 5.01. The van der Waals surface area contributed by atoms with E-state index in [0.717, 1.165) is 50.9 Å². The van der Waals surface area contributed by atoms with Crippen molar-refractivity contribution in [1.82, 2.24) is 10.2 Å². The summed E-state index contributed by atoms with van der Waals surface area (Å²) in [5.41, 5.74) is 0.166. The van der Waals surface area contributed by atoms with Crippen molar-refractivity contribution >= 4 is 18.3 Å². The van der Waals surface area contributed by atoms with Crippen molar-refractivity contribution in [3.63, 3.8) is 0 Å². The van der Waals surface area contributed by atoms with Crippen LogP contribution in [0.2, 0.25) is 0 Å². The Balaban J connectivity index is 0.00000192. The van der Waals surface area contributed by atoms with E-state index < -0.39 is 23.4 Å². The molecular formula is C16H20ClF3N2O. The summed E-state index contributed by atoms with van der Waals surface area (Å²) in [5.74, 6) is -4.61. The minimum Gasteiger partial charge on any atom is -0.339 e. The van der Waals surface area contributed by atoms with Gasteiger partial charge < -0.3 is 10.2 Å². The second kappa shape index (κ2) is 7.09. The van der Waals surface area contributed by atoms with Crippen molar-refractivity contribution in [3.05, 3.63) is 35.1 Å². The number of amides is 1. The summed E-state index contributed by atoms with van der Waals surface area (Å²) in [7, 11) is 0. The number of carbonyl (C=O) groups excluding carboxylic acids is 1. The first kappa shape index (κ1) is 18.1. The summed E-state index contributed by atoms with van der Waals surface area (Å²) in [4.78, 5) is 14.0. The first-order chi connectivity index (χ1) is 10.5. The van der Waals surface area contributed by atoms with E-state index in [-0.39, 0.29) is 18.0 Å². The van der Waals surface area contributed by atoms with Crippen LogP contribution in [0.5, 0.6) is 0 Å². The number of nitrogens with one attached hydrogen (secondary N) is 1. The van der Waals surface area contributed by atoms with Gasteiger partial charge in [-0.3, -0.25) is 4.79 Å². The van der Waals surface area contributed by atoms with E-state index in [4.69, 9.17) is 0 Å². The lowest BCUT2D eigenvalue weighted by atomic mass is 9.71. The van der Waals surface area contributed by atoms with Crippen LogP contribution in [0.15, 0.2) is 12.1 Å². The lowest BCUT2D eigenvalue weighted by Crippen LogP contribution is -2.47. The molecule has 3 nitrogen and oxygen atoms in total. The summed E-state index contributed by atoms with van der Waals surface area (Å²) >= 11 is 0. The molecule has 1 N–H and O–H groups in total. The molecule has 2 fully saturated rings. The Bertz CT molecular complexity index is 558. The fourth-order valence-electron chi connectivity index (χ4n) is 3.50. The summed E-state index contributed by atoms with van der Waals surface area (Å²) in [6.07, 6.45) is 4.03. The van der Waals surface area contributed by atoms with Crippen LogP contribution in [0.1, 0.15) is 36.0 Å². The van der Waals surface area contributed by atoms with Crippen molar-refractivity contribution in [2.75, 3.05) is 26.2 Å². The van der Waals surface area contributed by atoms with Gasteiger partial charge in [0.15, 0.2) is 17.5 Å². The lowest BCUT2D eigenvalue weighted by molar-refractivity contribution is 0.0494. The van der Waals surface area contributed by atoms with Crippen LogP contribution < -0.4 is 5.32 Å². The zero-order valence-corrected chi connectivity index (χ0v) is 13.5. The summed E-state index contributed by atoms with van der Waals surface area (Å²) in [6.45, 7) is 3.17. The Morgan fingerprint density at radius 3 is 2.04 bits per heavy atom. The first-order valence-electron chi connectivity index (χ1n) is 7.65. The van der Waals surface area contributed by atoms with Crippen molar-refractivity contribution < 1.29 is 18.0 Å². The van der Waals surface area contributed by atoms with Crippen LogP contribution in [0.3, 0.4) is 0 Å². The molecule has 3 rings (SSSR count). The van der Waals surface area contributed by atoms with Gasteiger partial charge in [-0.15, -0.1) is 12.4 Å². The van der Waals surface area contributed by atoms with Crippen LogP contribution in [-0.4, -0.2) is 37.0 Å². The van der Waals surface area contributed by atoms with E-state index >= 15 is 0 Å². The highest BCUT2D eigenvalue weighted by molar-refractivity contribution is 5.94. The molecule has 0 bridgehead atoms. The first-order valence-corrected chi connectivity index (χ1v) is 7.65. The smallest absolute Gasteiger partial charge is 0.254 e. The SMILES string of the molecule is Cl.O=C(c1cc(F)c(F)c(F)c1)N1CCC2(CCNCC2)CC1. The highest BCUT2D eigenvalue weighted by Gasteiger charge is 2.37. The monoisotopic (exact) mass is 348 g/mol. The number of nitrogens with zero attached hydrogens (tertiary/aromatic N) is 1. The number of hydrogen-bond acceptors (Lipinski definition) is 2. The second-order valence-corrected chi connectivity index (χ2v) is 6.30. The number of halogens is 4. The van der Waals surface area contributed by atoms with Crippen LogP contribution >= 0.6 is 12.4 Å². The molecule has 7 heteroatoms. The molecule has 128 valence electrons. The summed E-state index contributed by atoms with van der Waals surface area (Å²) in [6, 6.07) is 1.55. The topological polar surface area (TPSA) is 32.3 Å². The number of piperidine rings is 2. The van der Waals surface area contributed by atoms with Crippen molar-refractivity contribution in [2.24, 2.45) is 5.41 Å². The number of carbonyl (C=O) groups is 1. The van der Waals surface area contributed by atoms with Gasteiger partial charge in [0, 0.05) is 18.7 Å². The Morgan fingerprint density at radius 1 is 1.00 bits per heavy atom. The van der Waals surface area contributed by atoms with E-state index in [1.54, 1.807) is 4.90 Å². The number of hydrogen-bond donors (Lipinski definition) is 1. The Labute approximate surface area is 139 Å². The zero-order valence-electron chi connectivity index (χ0n) is 12.7. The summed E-state index contributed by atoms with van der Waals surface area (Å²) < 4.78 is 39.5. The van der Waals surface area contributed by atoms with Gasteiger partial charge in [0.1, 0.15) is 0 Å². The predicted octanol–water partition coefficient (Wildman–Crippen LogP) is 3.13. The molecule has 2 aliphatic heterocycles. The maximum absolute atomic E-state index is 13.3. The van der Waals surface area contributed by atoms with Crippen molar-refractivity contribution in [1.29, 1.82) is 0 Å². The Morgan fingerprint density at radius 2 is 1.52 bits per heavy atom. The third kappa shape index (κ3) is 3.63. The van der Waals surface area contributed by atoms with Crippen LogP contribution in [0.4, 0.5) is 13.2 Å². The fourth-order valence-corrected chi connectivity index (χ4v) is 3.50. The minimum absolute atomic E-state index is 0. The second-order valence-electron chi connectivity index (χ2n) is 6.30. The third-order valence-corrected chi connectivity index (χ3v) is 5.01. The molecule has 0 aromatic heterocycles. The van der Waals surface area contributed by atoms with Crippen LogP contribution in [-0.2, 0) is 0 Å². The Kier molecular flexibility index (Phi) is 5.57. The molecular weight excluding hydrogens is 329 g/mol. The lowest BCUT2D eigenvalue weighted by Gasteiger charge is -2.44. The average molecular weight is 349 g/mol. The highest BCUT2D eigenvalue weighted by atomic mass is 35.5. The Hall–Kier alpha value is -1.27. The highest BCUT2D eigenvalue weighted by Crippen LogP contribution is 2.39. The number of likely N-dealkylation sites (tertiary alicyclic amines) is 1. The minimum atomic E-state index is -1.54. The van der Waals surface area contributed by atoms with Gasteiger partial charge >= 0.3 is 0 Å². The van der Waals surface area contributed by atoms with Gasteiger partial charge in [-0.2, -0.15) is 0 Å². The van der Waals surface area contributed by atoms with E-state index in [2.05, 4.69) is 5.32 Å². The predicted molar refractivity (Wildman–Crippen MR) is 83.2 cm³/mol. The normalized spacial score (nSPS) is 20.2. The fraction of sp³-hybridized carbons (Fsp3) is 0.562. The molecule has 1 amide bonds. The van der Waals surface area contributed by atoms with Gasteiger partial charge in [0.2, 0.25) is 0 Å². The van der Waals surface area contributed by atoms with E-state index in [1.807, 2.05) is 0 Å². The van der Waals surface area contributed by atoms with E-state index in [9.17, 15) is 18.0 Å². The number of rotatable bonds is 1. The maximum atomic E-state index is 13.3. The molecule has 0 unspecified atom stereocenters. The van der Waals surface area contributed by atoms with E-state index in [1.165, 1.54) is 0 Å². The average Bonchev–Trinajstić information content (AvgIpc) is 2.53. The molecule has 0 saturated carbocycles. The summed E-state index contributed by atoms with van der Waals surface area (Å²) in [5, 5.41) is 3.33. The molecule has 1 spiro atoms. The molecule has 23 heavy (non-hydrogen) atoms. The van der Waals surface area contributed by atoms with Gasteiger partial charge in [-0.25, -0.2) is 13.2 Å². The molecule has 1 aromatic carbocycles. The van der Waals surface area contributed by atoms with Crippen molar-refractivity contribution in [2.45, 2.75) is 25.7 Å². The van der Waals surface area contributed by atoms with Gasteiger partial charge in [-0.05, 0) is 56.3 Å². The zero-order chi connectivity index (χ0) is 15.7. The van der Waals surface area contributed by atoms with Crippen LogP contribution in [0, 0.1) is 22.9 Å². The molecule has 2 saturated heterocycles. The van der Waals surface area contributed by atoms with Gasteiger partial charge in [0.05, 0.1) is 0 Å². The molecule has 0 radical (unpaired) electrons. The molecule has 2 aliphatic rings. The van der Waals surface area contributed by atoms with Crippen molar-refractivity contribution in [3.8, 4) is 0 Å². The quantitative estimate of drug-likeness (QED) is 0.791. The molecule has 0 atom stereocenters. The van der Waals surface area contributed by atoms with Gasteiger partial charge in [0.25, 0.3) is 5.91 Å². The largest absolute Gasteiger partial charge is 0.339 e. The standard InChI is InChI=1S/C16H19F3N2O.ClH/c17-12-9-11(10-13(18)14(12)19)15(22)21-7-3-16(4-8-21)1-5-20-6-2-16;/h9-10,20H,1-8H2;1H. The maximum Gasteiger partial charge on any atom is 0.254 e. The van der Waals surface area contributed by atoms with E-state index in [0.29, 0.717) is 18.5 Å². The van der Waals surface area contributed by atoms with Gasteiger partial charge in [-0.1, -0.05) is 0 Å². The van der Waals surface area contributed by atoms with Crippen LogP contribution in [0.25, 0.3) is 0 Å². The molecule has 1 aromatic rings. The molecule has 2 heterocycles. The molecule has 0 aliphatic carbocycles.